The van der Waals surface area contributed by atoms with Gasteiger partial charge in [0.05, 0.1) is 12.0 Å². The van der Waals surface area contributed by atoms with Crippen molar-refractivity contribution in [2.45, 2.75) is 32.5 Å². The highest BCUT2D eigenvalue weighted by atomic mass is 16.5. The van der Waals surface area contributed by atoms with E-state index in [1.54, 1.807) is 0 Å². The third-order valence-electron chi connectivity index (χ3n) is 2.83. The van der Waals surface area contributed by atoms with Crippen LogP contribution in [0.2, 0.25) is 0 Å². The molecule has 5 heteroatoms. The third kappa shape index (κ3) is 5.52. The summed E-state index contributed by atoms with van der Waals surface area (Å²) in [4.78, 5) is 22.1. The summed E-state index contributed by atoms with van der Waals surface area (Å²) in [5.41, 5.74) is 0.864. The van der Waals surface area contributed by atoms with Crippen molar-refractivity contribution < 1.29 is 24.5 Å². The van der Waals surface area contributed by atoms with Gasteiger partial charge >= 0.3 is 11.9 Å². The minimum atomic E-state index is -1.00. The summed E-state index contributed by atoms with van der Waals surface area (Å²) in [7, 11) is 0. The molecule has 0 saturated carbocycles. The summed E-state index contributed by atoms with van der Waals surface area (Å²) >= 11 is 0. The molecular weight excluding hydrogens is 248 g/mol. The highest BCUT2D eigenvalue weighted by Crippen LogP contribution is 2.12. The van der Waals surface area contributed by atoms with Crippen molar-refractivity contribution >= 4 is 11.9 Å². The zero-order valence-electron chi connectivity index (χ0n) is 10.8. The van der Waals surface area contributed by atoms with Crippen molar-refractivity contribution in [3.05, 3.63) is 35.9 Å². The van der Waals surface area contributed by atoms with Gasteiger partial charge in [0.2, 0.25) is 0 Å². The van der Waals surface area contributed by atoms with E-state index in [2.05, 4.69) is 0 Å². The Morgan fingerprint density at radius 1 is 1.26 bits per heavy atom. The minimum Gasteiger partial charge on any atom is -0.481 e. The van der Waals surface area contributed by atoms with Crippen LogP contribution in [0.25, 0.3) is 0 Å². The maximum Gasteiger partial charge on any atom is 0.311 e. The van der Waals surface area contributed by atoms with Crippen molar-refractivity contribution in [3.8, 4) is 0 Å². The first-order chi connectivity index (χ1) is 9.00. The monoisotopic (exact) mass is 266 g/mol. The number of aliphatic carboxylic acids is 1. The Kier molecular flexibility index (Phi) is 6.02. The number of aliphatic hydroxyl groups is 1. The molecule has 2 unspecified atom stereocenters. The van der Waals surface area contributed by atoms with E-state index >= 15 is 0 Å². The van der Waals surface area contributed by atoms with Gasteiger partial charge in [-0.2, -0.15) is 0 Å². The number of hydrogen-bond acceptors (Lipinski definition) is 4. The van der Waals surface area contributed by atoms with E-state index in [-0.39, 0.29) is 19.4 Å². The second-order valence-electron chi connectivity index (χ2n) is 4.38. The lowest BCUT2D eigenvalue weighted by molar-refractivity contribution is -0.154. The smallest absolute Gasteiger partial charge is 0.311 e. The fraction of sp³-hybridized carbons (Fsp3) is 0.429. The molecule has 1 rings (SSSR count). The molecule has 2 atom stereocenters. The van der Waals surface area contributed by atoms with Crippen LogP contribution in [0.4, 0.5) is 0 Å². The molecule has 0 aromatic heterocycles. The molecule has 0 saturated heterocycles. The fourth-order valence-electron chi connectivity index (χ4n) is 1.54. The number of benzene rings is 1. The summed E-state index contributed by atoms with van der Waals surface area (Å²) < 4.78 is 5.07. The number of rotatable bonds is 7. The second-order valence-corrected chi connectivity index (χ2v) is 4.38. The van der Waals surface area contributed by atoms with Crippen molar-refractivity contribution in [1.82, 2.24) is 0 Å². The quantitative estimate of drug-likeness (QED) is 0.732. The van der Waals surface area contributed by atoms with E-state index in [9.17, 15) is 14.7 Å². The zero-order valence-corrected chi connectivity index (χ0v) is 10.8. The lowest BCUT2D eigenvalue weighted by Gasteiger charge is -2.16. The van der Waals surface area contributed by atoms with E-state index in [1.807, 2.05) is 30.3 Å². The van der Waals surface area contributed by atoms with E-state index in [0.717, 1.165) is 5.56 Å². The molecule has 0 spiro atoms. The van der Waals surface area contributed by atoms with Crippen molar-refractivity contribution in [2.75, 3.05) is 0 Å². The molecule has 0 aliphatic rings. The van der Waals surface area contributed by atoms with E-state index in [1.165, 1.54) is 6.92 Å². The lowest BCUT2D eigenvalue weighted by Crippen LogP contribution is -2.28. The normalized spacial score (nSPS) is 13.6. The van der Waals surface area contributed by atoms with E-state index in [0.29, 0.717) is 0 Å². The fourth-order valence-corrected chi connectivity index (χ4v) is 1.54. The Morgan fingerprint density at radius 3 is 2.47 bits per heavy atom. The number of hydrogen-bond donors (Lipinski definition) is 2. The highest BCUT2D eigenvalue weighted by molar-refractivity contribution is 5.73. The molecule has 0 radical (unpaired) electrons. The number of carbonyl (C=O) groups is 2. The summed E-state index contributed by atoms with van der Waals surface area (Å²) in [6, 6.07) is 9.21. The minimum absolute atomic E-state index is 0.0386. The van der Waals surface area contributed by atoms with E-state index < -0.39 is 24.0 Å². The Labute approximate surface area is 111 Å². The van der Waals surface area contributed by atoms with Gasteiger partial charge in [0, 0.05) is 6.42 Å². The van der Waals surface area contributed by atoms with Gasteiger partial charge in [-0.3, -0.25) is 9.59 Å². The second kappa shape index (κ2) is 7.53. The first kappa shape index (κ1) is 15.2. The molecule has 104 valence electrons. The molecule has 1 aromatic carbocycles. The van der Waals surface area contributed by atoms with Gasteiger partial charge in [0.15, 0.2) is 0 Å². The van der Waals surface area contributed by atoms with Gasteiger partial charge in [-0.1, -0.05) is 30.3 Å². The van der Waals surface area contributed by atoms with Gasteiger partial charge in [-0.25, -0.2) is 0 Å². The summed E-state index contributed by atoms with van der Waals surface area (Å²) in [6.45, 7) is 1.68. The van der Waals surface area contributed by atoms with Crippen LogP contribution in [-0.4, -0.2) is 28.3 Å². The van der Waals surface area contributed by atoms with Crippen LogP contribution in [0.3, 0.4) is 0 Å². The molecule has 0 aliphatic heterocycles. The molecule has 1 aromatic rings. The number of aliphatic hydroxyl groups excluding tert-OH is 1. The van der Waals surface area contributed by atoms with Crippen molar-refractivity contribution in [3.63, 3.8) is 0 Å². The molecule has 0 heterocycles. The van der Waals surface area contributed by atoms with Gasteiger partial charge in [-0.15, -0.1) is 0 Å². The molecule has 2 N–H and O–H groups in total. The van der Waals surface area contributed by atoms with Gasteiger partial charge in [-0.05, 0) is 18.9 Å². The summed E-state index contributed by atoms with van der Waals surface area (Å²) in [5, 5.41) is 18.2. The summed E-state index contributed by atoms with van der Waals surface area (Å²) in [5.74, 6) is -2.26. The molecule has 0 amide bonds. The number of carboxylic acid groups (broad SMARTS) is 1. The average molecular weight is 266 g/mol. The largest absolute Gasteiger partial charge is 0.481 e. The zero-order chi connectivity index (χ0) is 14.3. The number of carboxylic acids is 1. The topological polar surface area (TPSA) is 83.8 Å². The summed E-state index contributed by atoms with van der Waals surface area (Å²) in [6.07, 6.45) is -1.13. The van der Waals surface area contributed by atoms with Crippen LogP contribution >= 0.6 is 0 Å². The van der Waals surface area contributed by atoms with Crippen LogP contribution < -0.4 is 0 Å². The molecule has 0 aliphatic carbocycles. The maximum absolute atomic E-state index is 11.7. The van der Waals surface area contributed by atoms with Gasteiger partial charge in [0.25, 0.3) is 0 Å². The van der Waals surface area contributed by atoms with Crippen LogP contribution in [0.1, 0.15) is 25.3 Å². The molecule has 0 bridgehead atoms. The Morgan fingerprint density at radius 2 is 1.89 bits per heavy atom. The third-order valence-corrected chi connectivity index (χ3v) is 2.83. The van der Waals surface area contributed by atoms with Crippen molar-refractivity contribution in [1.29, 1.82) is 0 Å². The standard InChI is InChI=1S/C14H18O5/c1-10(12(15)7-8-13(16)17)14(18)19-9-11-5-3-2-4-6-11/h2-6,10,12,15H,7-9H2,1H3,(H,16,17). The molecule has 19 heavy (non-hydrogen) atoms. The Bertz CT molecular complexity index is 415. The molecular formula is C14H18O5. The Balaban J connectivity index is 2.38. The number of ether oxygens (including phenoxy) is 1. The lowest BCUT2D eigenvalue weighted by atomic mass is 10.0. The van der Waals surface area contributed by atoms with Crippen LogP contribution in [-0.2, 0) is 20.9 Å². The number of carbonyl (C=O) groups excluding carboxylic acids is 1. The van der Waals surface area contributed by atoms with Crippen LogP contribution in [0.15, 0.2) is 30.3 Å². The molecule has 5 nitrogen and oxygen atoms in total. The van der Waals surface area contributed by atoms with Gasteiger partial charge < -0.3 is 14.9 Å². The SMILES string of the molecule is CC(C(=O)OCc1ccccc1)C(O)CCC(=O)O. The predicted octanol–water partition coefficient (Wildman–Crippen LogP) is 1.59. The van der Waals surface area contributed by atoms with Crippen LogP contribution in [0, 0.1) is 5.92 Å². The Hall–Kier alpha value is -1.88. The molecule has 0 fully saturated rings. The average Bonchev–Trinajstić information content (AvgIpc) is 2.42. The van der Waals surface area contributed by atoms with Gasteiger partial charge in [0.1, 0.15) is 6.61 Å². The first-order valence-electron chi connectivity index (χ1n) is 6.11. The van der Waals surface area contributed by atoms with Crippen molar-refractivity contribution in [2.24, 2.45) is 5.92 Å². The van der Waals surface area contributed by atoms with E-state index in [4.69, 9.17) is 9.84 Å². The maximum atomic E-state index is 11.7. The van der Waals surface area contributed by atoms with Crippen LogP contribution in [0.5, 0.6) is 0 Å². The predicted molar refractivity (Wildman–Crippen MR) is 68.3 cm³/mol. The number of esters is 1. The first-order valence-corrected chi connectivity index (χ1v) is 6.11. The highest BCUT2D eigenvalue weighted by Gasteiger charge is 2.23.